The molecule has 126 valence electrons. The Kier molecular flexibility index (Phi) is 5.18. The fraction of sp³-hybridized carbons (Fsp3) is 0.857. The van der Waals surface area contributed by atoms with E-state index in [2.05, 4.69) is 5.32 Å². The molecule has 8 heteroatoms. The number of carbonyl (C=O) groups excluding carboxylic acids is 1. The standard InChI is InChI=1S/C14H21F3N2O3/c15-14(16,17)11-3-1-2-9(6-11)7-18-13(22)19-5-4-10(8-19)12(20)21/h9-11H,1-8H2,(H,18,22)(H,20,21). The molecule has 2 amide bonds. The van der Waals surface area contributed by atoms with Gasteiger partial charge in [-0.1, -0.05) is 6.42 Å². The van der Waals surface area contributed by atoms with Gasteiger partial charge in [-0.3, -0.25) is 4.79 Å². The molecule has 0 spiro atoms. The van der Waals surface area contributed by atoms with Crippen LogP contribution in [0.25, 0.3) is 0 Å². The molecule has 5 nitrogen and oxygen atoms in total. The molecule has 0 radical (unpaired) electrons. The molecule has 1 saturated carbocycles. The number of rotatable bonds is 3. The van der Waals surface area contributed by atoms with Crippen molar-refractivity contribution in [3.8, 4) is 0 Å². The molecule has 1 saturated heterocycles. The van der Waals surface area contributed by atoms with E-state index in [0.29, 0.717) is 25.8 Å². The summed E-state index contributed by atoms with van der Waals surface area (Å²) in [5.74, 6) is -2.90. The Balaban J connectivity index is 1.76. The summed E-state index contributed by atoms with van der Waals surface area (Å²) in [6.45, 7) is 0.759. The molecule has 3 atom stereocenters. The van der Waals surface area contributed by atoms with Gasteiger partial charge >= 0.3 is 18.2 Å². The lowest BCUT2D eigenvalue weighted by Crippen LogP contribution is -2.42. The van der Waals surface area contributed by atoms with Crippen LogP contribution >= 0.6 is 0 Å². The number of nitrogens with one attached hydrogen (secondary N) is 1. The van der Waals surface area contributed by atoms with Crippen molar-refractivity contribution in [2.45, 2.75) is 38.3 Å². The van der Waals surface area contributed by atoms with E-state index in [9.17, 15) is 22.8 Å². The van der Waals surface area contributed by atoms with Crippen molar-refractivity contribution in [1.82, 2.24) is 10.2 Å². The fourth-order valence-electron chi connectivity index (χ4n) is 3.26. The van der Waals surface area contributed by atoms with Crippen LogP contribution in [0, 0.1) is 17.8 Å². The Morgan fingerprint density at radius 1 is 1.23 bits per heavy atom. The molecule has 2 N–H and O–H groups in total. The minimum Gasteiger partial charge on any atom is -0.481 e. The van der Waals surface area contributed by atoms with Crippen LogP contribution in [0.4, 0.5) is 18.0 Å². The van der Waals surface area contributed by atoms with Gasteiger partial charge in [0.25, 0.3) is 0 Å². The topological polar surface area (TPSA) is 69.6 Å². The smallest absolute Gasteiger partial charge is 0.391 e. The lowest BCUT2D eigenvalue weighted by Gasteiger charge is -2.31. The number of nitrogens with zero attached hydrogens (tertiary/aromatic N) is 1. The average Bonchev–Trinajstić information content (AvgIpc) is 2.94. The third-order valence-electron chi connectivity index (χ3n) is 4.61. The van der Waals surface area contributed by atoms with E-state index in [1.807, 2.05) is 0 Å². The van der Waals surface area contributed by atoms with Crippen molar-refractivity contribution in [1.29, 1.82) is 0 Å². The number of amides is 2. The number of carboxylic acids is 1. The Morgan fingerprint density at radius 2 is 1.95 bits per heavy atom. The van der Waals surface area contributed by atoms with E-state index in [-0.39, 0.29) is 37.9 Å². The number of alkyl halides is 3. The van der Waals surface area contributed by atoms with Crippen LogP contribution in [0.2, 0.25) is 0 Å². The maximum atomic E-state index is 12.7. The van der Waals surface area contributed by atoms with E-state index in [0.717, 1.165) is 0 Å². The maximum Gasteiger partial charge on any atom is 0.391 e. The minimum atomic E-state index is -4.16. The highest BCUT2D eigenvalue weighted by Crippen LogP contribution is 2.39. The second-order valence-electron chi connectivity index (χ2n) is 6.23. The van der Waals surface area contributed by atoms with Crippen molar-refractivity contribution < 1.29 is 27.9 Å². The van der Waals surface area contributed by atoms with Crippen LogP contribution in [0.15, 0.2) is 0 Å². The molecular weight excluding hydrogens is 301 g/mol. The Hall–Kier alpha value is -1.47. The minimum absolute atomic E-state index is 0.0571. The first-order valence-electron chi connectivity index (χ1n) is 7.59. The zero-order valence-electron chi connectivity index (χ0n) is 12.2. The second kappa shape index (κ2) is 6.75. The summed E-state index contributed by atoms with van der Waals surface area (Å²) < 4.78 is 38.2. The fourth-order valence-corrected chi connectivity index (χ4v) is 3.26. The van der Waals surface area contributed by atoms with Gasteiger partial charge in [-0.05, 0) is 31.6 Å². The quantitative estimate of drug-likeness (QED) is 0.838. The molecule has 22 heavy (non-hydrogen) atoms. The van der Waals surface area contributed by atoms with Crippen LogP contribution < -0.4 is 5.32 Å². The summed E-state index contributed by atoms with van der Waals surface area (Å²) in [6.07, 6.45) is -2.31. The number of carbonyl (C=O) groups is 2. The van der Waals surface area contributed by atoms with E-state index < -0.39 is 24.0 Å². The number of likely N-dealkylation sites (tertiary alicyclic amines) is 1. The molecule has 2 rings (SSSR count). The summed E-state index contributed by atoms with van der Waals surface area (Å²) >= 11 is 0. The summed E-state index contributed by atoms with van der Waals surface area (Å²) in [5, 5.41) is 11.5. The summed E-state index contributed by atoms with van der Waals surface area (Å²) in [6, 6.07) is -0.377. The second-order valence-corrected chi connectivity index (χ2v) is 6.23. The Bertz CT molecular complexity index is 428. The number of hydrogen-bond acceptors (Lipinski definition) is 2. The van der Waals surface area contributed by atoms with Crippen molar-refractivity contribution in [3.05, 3.63) is 0 Å². The summed E-state index contributed by atoms with van der Waals surface area (Å²) in [7, 11) is 0. The van der Waals surface area contributed by atoms with Gasteiger partial charge in [0.2, 0.25) is 0 Å². The highest BCUT2D eigenvalue weighted by atomic mass is 19.4. The number of halogens is 3. The van der Waals surface area contributed by atoms with Gasteiger partial charge in [0, 0.05) is 19.6 Å². The van der Waals surface area contributed by atoms with Crippen LogP contribution in [0.1, 0.15) is 32.1 Å². The lowest BCUT2D eigenvalue weighted by molar-refractivity contribution is -0.185. The van der Waals surface area contributed by atoms with Crippen LogP contribution in [0.5, 0.6) is 0 Å². The summed E-state index contributed by atoms with van der Waals surface area (Å²) in [5.41, 5.74) is 0. The van der Waals surface area contributed by atoms with Gasteiger partial charge in [0.1, 0.15) is 0 Å². The number of aliphatic carboxylic acids is 1. The lowest BCUT2D eigenvalue weighted by atomic mass is 9.81. The zero-order chi connectivity index (χ0) is 16.3. The molecule has 0 aromatic carbocycles. The molecule has 1 aliphatic carbocycles. The van der Waals surface area contributed by atoms with E-state index >= 15 is 0 Å². The number of hydrogen-bond donors (Lipinski definition) is 2. The van der Waals surface area contributed by atoms with Gasteiger partial charge in [-0.15, -0.1) is 0 Å². The number of carboxylic acid groups (broad SMARTS) is 1. The normalized spacial score (nSPS) is 29.4. The first-order valence-corrected chi connectivity index (χ1v) is 7.59. The average molecular weight is 322 g/mol. The third kappa shape index (κ3) is 4.27. The van der Waals surface area contributed by atoms with E-state index in [1.54, 1.807) is 0 Å². The van der Waals surface area contributed by atoms with Crippen LogP contribution in [-0.4, -0.2) is 47.8 Å². The molecule has 1 heterocycles. The van der Waals surface area contributed by atoms with Crippen LogP contribution in [0.3, 0.4) is 0 Å². The van der Waals surface area contributed by atoms with Gasteiger partial charge in [0.05, 0.1) is 11.8 Å². The largest absolute Gasteiger partial charge is 0.481 e. The highest BCUT2D eigenvalue weighted by Gasteiger charge is 2.42. The van der Waals surface area contributed by atoms with Crippen molar-refractivity contribution in [2.24, 2.45) is 17.8 Å². The molecule has 0 aromatic heterocycles. The molecule has 0 bridgehead atoms. The SMILES string of the molecule is O=C(O)C1CCN(C(=O)NCC2CCCC(C(F)(F)F)C2)C1. The van der Waals surface area contributed by atoms with Crippen molar-refractivity contribution in [3.63, 3.8) is 0 Å². The molecule has 2 aliphatic rings. The predicted octanol–water partition coefficient (Wildman–Crippen LogP) is 2.47. The zero-order valence-corrected chi connectivity index (χ0v) is 12.2. The Morgan fingerprint density at radius 3 is 2.55 bits per heavy atom. The van der Waals surface area contributed by atoms with Crippen molar-refractivity contribution in [2.75, 3.05) is 19.6 Å². The Labute approximate surface area is 126 Å². The monoisotopic (exact) mass is 322 g/mol. The van der Waals surface area contributed by atoms with Crippen molar-refractivity contribution >= 4 is 12.0 Å². The molecular formula is C14H21F3N2O3. The first-order chi connectivity index (χ1) is 10.3. The maximum absolute atomic E-state index is 12.7. The molecule has 2 fully saturated rings. The van der Waals surface area contributed by atoms with Gasteiger partial charge in [0.15, 0.2) is 0 Å². The van der Waals surface area contributed by atoms with E-state index in [1.165, 1.54) is 4.90 Å². The van der Waals surface area contributed by atoms with E-state index in [4.69, 9.17) is 5.11 Å². The first kappa shape index (κ1) is 16.9. The van der Waals surface area contributed by atoms with Gasteiger partial charge in [-0.2, -0.15) is 13.2 Å². The van der Waals surface area contributed by atoms with Gasteiger partial charge < -0.3 is 15.3 Å². The third-order valence-corrected chi connectivity index (χ3v) is 4.61. The molecule has 1 aliphatic heterocycles. The number of urea groups is 1. The highest BCUT2D eigenvalue weighted by molar-refractivity contribution is 5.77. The molecule has 3 unspecified atom stereocenters. The summed E-state index contributed by atoms with van der Waals surface area (Å²) in [4.78, 5) is 24.2. The molecule has 0 aromatic rings. The van der Waals surface area contributed by atoms with Crippen LogP contribution in [-0.2, 0) is 4.79 Å². The predicted molar refractivity (Wildman–Crippen MR) is 72.2 cm³/mol. The van der Waals surface area contributed by atoms with Gasteiger partial charge in [-0.25, -0.2) is 4.79 Å².